The molecule has 0 saturated heterocycles. The van der Waals surface area contributed by atoms with Gasteiger partial charge in [0.2, 0.25) is 5.91 Å². The van der Waals surface area contributed by atoms with Crippen molar-refractivity contribution in [2.24, 2.45) is 0 Å². The highest BCUT2D eigenvalue weighted by molar-refractivity contribution is 6.31. The summed E-state index contributed by atoms with van der Waals surface area (Å²) in [4.78, 5) is 12.1. The van der Waals surface area contributed by atoms with Crippen LogP contribution in [0.3, 0.4) is 0 Å². The van der Waals surface area contributed by atoms with E-state index in [1.807, 2.05) is 6.92 Å². The molecule has 2 rings (SSSR count). The van der Waals surface area contributed by atoms with Crippen LogP contribution in [0.1, 0.15) is 11.1 Å². The molecule has 2 aromatic rings. The van der Waals surface area contributed by atoms with Crippen molar-refractivity contribution in [1.29, 1.82) is 0 Å². The number of hydrogen-bond donors (Lipinski definition) is 1. The molecule has 0 aliphatic heterocycles. The van der Waals surface area contributed by atoms with Gasteiger partial charge >= 0.3 is 0 Å². The summed E-state index contributed by atoms with van der Waals surface area (Å²) in [5.74, 6) is 1.10. The highest BCUT2D eigenvalue weighted by Crippen LogP contribution is 2.25. The van der Waals surface area contributed by atoms with E-state index in [0.717, 1.165) is 11.1 Å². The molecule has 0 unspecified atom stereocenters. The van der Waals surface area contributed by atoms with Crippen molar-refractivity contribution in [2.45, 2.75) is 6.92 Å². The van der Waals surface area contributed by atoms with E-state index in [4.69, 9.17) is 21.1 Å². The zero-order valence-electron chi connectivity index (χ0n) is 13.2. The number of carbonyl (C=O) groups is 1. The van der Waals surface area contributed by atoms with Crippen LogP contribution in [-0.2, 0) is 4.79 Å². The maximum atomic E-state index is 12.1. The van der Waals surface area contributed by atoms with Crippen molar-refractivity contribution in [3.05, 3.63) is 58.6 Å². The smallest absolute Gasteiger partial charge is 0.248 e. The van der Waals surface area contributed by atoms with Gasteiger partial charge in [-0.05, 0) is 48.9 Å². The van der Waals surface area contributed by atoms with Crippen LogP contribution in [-0.4, -0.2) is 20.1 Å². The summed E-state index contributed by atoms with van der Waals surface area (Å²) in [6, 6.07) is 10.8. The van der Waals surface area contributed by atoms with Crippen LogP contribution in [0.15, 0.2) is 42.5 Å². The molecule has 0 spiro atoms. The number of ether oxygens (including phenoxy) is 2. The summed E-state index contributed by atoms with van der Waals surface area (Å²) < 4.78 is 10.5. The van der Waals surface area contributed by atoms with Crippen LogP contribution in [0.25, 0.3) is 6.08 Å². The Hall–Kier alpha value is -2.46. The molecule has 4 nitrogen and oxygen atoms in total. The predicted molar refractivity (Wildman–Crippen MR) is 93.4 cm³/mol. The summed E-state index contributed by atoms with van der Waals surface area (Å²) in [7, 11) is 3.17. The second kappa shape index (κ2) is 7.70. The lowest BCUT2D eigenvalue weighted by Gasteiger charge is -2.08. The minimum atomic E-state index is -0.250. The van der Waals surface area contributed by atoms with Gasteiger partial charge in [0.15, 0.2) is 0 Å². The minimum Gasteiger partial charge on any atom is -0.497 e. The molecule has 23 heavy (non-hydrogen) atoms. The molecule has 0 aliphatic carbocycles. The molecule has 1 N–H and O–H groups in total. The van der Waals surface area contributed by atoms with Gasteiger partial charge in [0.1, 0.15) is 11.5 Å². The number of hydrogen-bond acceptors (Lipinski definition) is 3. The standard InChI is InChI=1S/C18H18ClNO3/c1-12-15(19)5-4-6-16(12)20-18(21)10-7-13-11-14(22-2)8-9-17(13)23-3/h4-11H,1-3H3,(H,20,21)/b10-7+. The van der Waals surface area contributed by atoms with Crippen molar-refractivity contribution >= 4 is 29.3 Å². The van der Waals surface area contributed by atoms with E-state index in [0.29, 0.717) is 22.2 Å². The lowest BCUT2D eigenvalue weighted by molar-refractivity contribution is -0.111. The van der Waals surface area contributed by atoms with Gasteiger partial charge < -0.3 is 14.8 Å². The van der Waals surface area contributed by atoms with Gasteiger partial charge in [-0.25, -0.2) is 0 Å². The van der Waals surface area contributed by atoms with E-state index in [1.54, 1.807) is 56.7 Å². The molecule has 0 bridgehead atoms. The number of nitrogens with one attached hydrogen (secondary N) is 1. The summed E-state index contributed by atoms with van der Waals surface area (Å²) >= 11 is 6.04. The Morgan fingerprint density at radius 1 is 1.17 bits per heavy atom. The van der Waals surface area contributed by atoms with E-state index in [1.165, 1.54) is 6.08 Å². The Morgan fingerprint density at radius 3 is 2.65 bits per heavy atom. The fourth-order valence-corrected chi connectivity index (χ4v) is 2.23. The molecule has 0 atom stereocenters. The fourth-order valence-electron chi connectivity index (χ4n) is 2.05. The van der Waals surface area contributed by atoms with Crippen molar-refractivity contribution in [2.75, 3.05) is 19.5 Å². The highest BCUT2D eigenvalue weighted by Gasteiger charge is 2.06. The zero-order chi connectivity index (χ0) is 16.8. The van der Waals surface area contributed by atoms with Crippen LogP contribution in [0.4, 0.5) is 5.69 Å². The van der Waals surface area contributed by atoms with Crippen LogP contribution in [0, 0.1) is 6.92 Å². The average molecular weight is 332 g/mol. The quantitative estimate of drug-likeness (QED) is 0.830. The molecule has 0 radical (unpaired) electrons. The Kier molecular flexibility index (Phi) is 5.66. The Bertz CT molecular complexity index is 741. The van der Waals surface area contributed by atoms with Crippen LogP contribution in [0.2, 0.25) is 5.02 Å². The lowest BCUT2D eigenvalue weighted by atomic mass is 10.1. The van der Waals surface area contributed by atoms with E-state index in [2.05, 4.69) is 5.32 Å². The third-order valence-electron chi connectivity index (χ3n) is 3.38. The SMILES string of the molecule is COc1ccc(OC)c(/C=C/C(=O)Nc2cccc(Cl)c2C)c1. The van der Waals surface area contributed by atoms with Gasteiger partial charge in [-0.3, -0.25) is 4.79 Å². The zero-order valence-corrected chi connectivity index (χ0v) is 14.0. The normalized spacial score (nSPS) is 10.6. The molecule has 0 fully saturated rings. The van der Waals surface area contributed by atoms with Gasteiger partial charge in [-0.1, -0.05) is 17.7 Å². The molecule has 0 aliphatic rings. The van der Waals surface area contributed by atoms with E-state index in [9.17, 15) is 4.79 Å². The average Bonchev–Trinajstić information content (AvgIpc) is 2.56. The summed E-state index contributed by atoms with van der Waals surface area (Å²) in [6.45, 7) is 1.85. The monoisotopic (exact) mass is 331 g/mol. The van der Waals surface area contributed by atoms with Crippen molar-refractivity contribution in [3.63, 3.8) is 0 Å². The van der Waals surface area contributed by atoms with Crippen LogP contribution in [0.5, 0.6) is 11.5 Å². The number of halogens is 1. The molecule has 120 valence electrons. The second-order valence-electron chi connectivity index (χ2n) is 4.84. The Balaban J connectivity index is 2.16. The summed E-state index contributed by atoms with van der Waals surface area (Å²) in [6.07, 6.45) is 3.12. The van der Waals surface area contributed by atoms with E-state index in [-0.39, 0.29) is 5.91 Å². The molecule has 2 aromatic carbocycles. The first-order valence-corrected chi connectivity index (χ1v) is 7.39. The van der Waals surface area contributed by atoms with Gasteiger partial charge in [-0.15, -0.1) is 0 Å². The molecular formula is C18H18ClNO3. The Morgan fingerprint density at radius 2 is 1.96 bits per heavy atom. The van der Waals surface area contributed by atoms with E-state index >= 15 is 0 Å². The number of rotatable bonds is 5. The van der Waals surface area contributed by atoms with Crippen molar-refractivity contribution in [1.82, 2.24) is 0 Å². The third-order valence-corrected chi connectivity index (χ3v) is 3.79. The van der Waals surface area contributed by atoms with Crippen LogP contribution >= 0.6 is 11.6 Å². The molecule has 0 aromatic heterocycles. The van der Waals surface area contributed by atoms with Gasteiger partial charge in [-0.2, -0.15) is 0 Å². The van der Waals surface area contributed by atoms with Crippen molar-refractivity contribution < 1.29 is 14.3 Å². The van der Waals surface area contributed by atoms with Gasteiger partial charge in [0.05, 0.1) is 14.2 Å². The number of anilines is 1. The molecule has 5 heteroatoms. The van der Waals surface area contributed by atoms with Gasteiger partial charge in [0, 0.05) is 22.3 Å². The van der Waals surface area contributed by atoms with E-state index < -0.39 is 0 Å². The minimum absolute atomic E-state index is 0.250. The van der Waals surface area contributed by atoms with Crippen molar-refractivity contribution in [3.8, 4) is 11.5 Å². The topological polar surface area (TPSA) is 47.6 Å². The number of amides is 1. The maximum absolute atomic E-state index is 12.1. The maximum Gasteiger partial charge on any atom is 0.248 e. The molecule has 1 amide bonds. The predicted octanol–water partition coefficient (Wildman–Crippen LogP) is 4.32. The van der Waals surface area contributed by atoms with Crippen LogP contribution < -0.4 is 14.8 Å². The fraction of sp³-hybridized carbons (Fsp3) is 0.167. The molecular weight excluding hydrogens is 314 g/mol. The first kappa shape index (κ1) is 16.9. The second-order valence-corrected chi connectivity index (χ2v) is 5.25. The first-order chi connectivity index (χ1) is 11.0. The summed E-state index contributed by atoms with van der Waals surface area (Å²) in [5.41, 5.74) is 2.27. The molecule has 0 saturated carbocycles. The highest BCUT2D eigenvalue weighted by atomic mass is 35.5. The van der Waals surface area contributed by atoms with Gasteiger partial charge in [0.25, 0.3) is 0 Å². The largest absolute Gasteiger partial charge is 0.497 e. The lowest BCUT2D eigenvalue weighted by Crippen LogP contribution is -2.09. The number of benzene rings is 2. The first-order valence-electron chi connectivity index (χ1n) is 7.01. The number of methoxy groups -OCH3 is 2. The molecule has 0 heterocycles. The number of carbonyl (C=O) groups excluding carboxylic acids is 1. The Labute approximate surface area is 140 Å². The summed E-state index contributed by atoms with van der Waals surface area (Å²) in [5, 5.41) is 3.42. The third kappa shape index (κ3) is 4.27.